The minimum atomic E-state index is 0.0750. The molecule has 2 aromatic rings. The molecule has 2 aliphatic heterocycles. The first-order valence-corrected chi connectivity index (χ1v) is 10.5. The predicted molar refractivity (Wildman–Crippen MR) is 115 cm³/mol. The van der Waals surface area contributed by atoms with Crippen LogP contribution in [0, 0.1) is 5.92 Å². The lowest BCUT2D eigenvalue weighted by Crippen LogP contribution is -2.49. The molecule has 0 saturated carbocycles. The molecule has 0 spiro atoms. The molecule has 0 N–H and O–H groups in total. The lowest BCUT2D eigenvalue weighted by atomic mass is 10.1. The lowest BCUT2D eigenvalue weighted by Gasteiger charge is -2.35. The normalized spacial score (nSPS) is 17.1. The van der Waals surface area contributed by atoms with Crippen molar-refractivity contribution in [3.8, 4) is 0 Å². The Hall–Kier alpha value is -2.66. The maximum Gasteiger partial charge on any atom is 0.253 e. The average Bonchev–Trinajstić information content (AvgIpc) is 3.03. The minimum Gasteiger partial charge on any atom is -0.336 e. The summed E-state index contributed by atoms with van der Waals surface area (Å²) in [6.45, 7) is 9.49. The fraction of sp³-hybridized carbons (Fsp3) is 0.417. The van der Waals surface area contributed by atoms with Gasteiger partial charge in [-0.25, -0.2) is 0 Å². The average molecular weight is 392 g/mol. The first-order valence-electron chi connectivity index (χ1n) is 10.5. The van der Waals surface area contributed by atoms with Crippen molar-refractivity contribution in [2.24, 2.45) is 5.92 Å². The number of piperazine rings is 1. The van der Waals surface area contributed by atoms with Crippen molar-refractivity contribution in [2.45, 2.75) is 26.8 Å². The Morgan fingerprint density at radius 1 is 1.00 bits per heavy atom. The zero-order valence-corrected chi connectivity index (χ0v) is 17.3. The van der Waals surface area contributed by atoms with Crippen LogP contribution < -0.4 is 4.90 Å². The topological polar surface area (TPSA) is 43.9 Å². The number of carbonyl (C=O) groups is 2. The van der Waals surface area contributed by atoms with Crippen molar-refractivity contribution < 1.29 is 9.59 Å². The highest BCUT2D eigenvalue weighted by molar-refractivity contribution is 6.03. The Kier molecular flexibility index (Phi) is 5.67. The minimum absolute atomic E-state index is 0.0750. The Morgan fingerprint density at radius 3 is 2.41 bits per heavy atom. The van der Waals surface area contributed by atoms with Crippen LogP contribution in [0.3, 0.4) is 0 Å². The molecule has 0 unspecified atom stereocenters. The Labute approximate surface area is 172 Å². The lowest BCUT2D eigenvalue weighted by molar-refractivity contribution is -0.117. The molecule has 0 aliphatic carbocycles. The third-order valence-corrected chi connectivity index (χ3v) is 5.73. The van der Waals surface area contributed by atoms with Gasteiger partial charge in [0.15, 0.2) is 0 Å². The predicted octanol–water partition coefficient (Wildman–Crippen LogP) is 3.19. The van der Waals surface area contributed by atoms with E-state index >= 15 is 0 Å². The van der Waals surface area contributed by atoms with Gasteiger partial charge in [0, 0.05) is 44.0 Å². The standard InChI is InChI=1S/C24H29N3O2/c1-18(2)16-25-10-12-26(13-11-25)24(29)20-8-9-22-21(14-20)15-23(28)27(22)17-19-6-4-3-5-7-19/h3-9,14,18H,10-13,15-17H2,1-2H3. The number of hydrogen-bond acceptors (Lipinski definition) is 3. The van der Waals surface area contributed by atoms with Crippen LogP contribution in [0.1, 0.15) is 35.3 Å². The molecule has 0 radical (unpaired) electrons. The molecule has 0 aromatic heterocycles. The van der Waals surface area contributed by atoms with E-state index in [2.05, 4.69) is 18.7 Å². The SMILES string of the molecule is CC(C)CN1CCN(C(=O)c2ccc3c(c2)CC(=O)N3Cc2ccccc2)CC1. The third kappa shape index (κ3) is 4.35. The summed E-state index contributed by atoms with van der Waals surface area (Å²) >= 11 is 0. The molecule has 1 fully saturated rings. The van der Waals surface area contributed by atoms with Crippen molar-refractivity contribution in [3.05, 3.63) is 65.2 Å². The van der Waals surface area contributed by atoms with Gasteiger partial charge >= 0.3 is 0 Å². The summed E-state index contributed by atoms with van der Waals surface area (Å²) in [5, 5.41) is 0. The number of carbonyl (C=O) groups excluding carboxylic acids is 2. The summed E-state index contributed by atoms with van der Waals surface area (Å²) < 4.78 is 0. The monoisotopic (exact) mass is 391 g/mol. The highest BCUT2D eigenvalue weighted by Crippen LogP contribution is 2.31. The number of amides is 2. The second kappa shape index (κ2) is 8.37. The van der Waals surface area contributed by atoms with Gasteiger partial charge in [-0.1, -0.05) is 44.2 Å². The number of rotatable bonds is 5. The molecule has 152 valence electrons. The summed E-state index contributed by atoms with van der Waals surface area (Å²) in [7, 11) is 0. The highest BCUT2D eigenvalue weighted by atomic mass is 16.2. The zero-order chi connectivity index (χ0) is 20.4. The highest BCUT2D eigenvalue weighted by Gasteiger charge is 2.29. The Balaban J connectivity index is 1.44. The number of fused-ring (bicyclic) bond motifs is 1. The van der Waals surface area contributed by atoms with Gasteiger partial charge in [-0.2, -0.15) is 0 Å². The zero-order valence-electron chi connectivity index (χ0n) is 17.3. The van der Waals surface area contributed by atoms with Crippen molar-refractivity contribution >= 4 is 17.5 Å². The Bertz CT molecular complexity index is 886. The van der Waals surface area contributed by atoms with E-state index in [-0.39, 0.29) is 11.8 Å². The van der Waals surface area contributed by atoms with E-state index in [1.54, 1.807) is 0 Å². The summed E-state index contributed by atoms with van der Waals surface area (Å²) in [5.74, 6) is 0.812. The molecule has 1 saturated heterocycles. The quantitative estimate of drug-likeness (QED) is 0.786. The summed E-state index contributed by atoms with van der Waals surface area (Å²) in [6.07, 6.45) is 0.367. The van der Waals surface area contributed by atoms with E-state index in [1.165, 1.54) is 0 Å². The number of nitrogens with zero attached hydrogens (tertiary/aromatic N) is 3. The number of anilines is 1. The molecule has 4 rings (SSSR count). The number of benzene rings is 2. The maximum absolute atomic E-state index is 13.0. The van der Waals surface area contributed by atoms with Crippen molar-refractivity contribution in [3.63, 3.8) is 0 Å². The fourth-order valence-electron chi connectivity index (χ4n) is 4.29. The molecule has 2 heterocycles. The first kappa shape index (κ1) is 19.6. The van der Waals surface area contributed by atoms with Crippen LogP contribution in [-0.4, -0.2) is 54.3 Å². The van der Waals surface area contributed by atoms with Gasteiger partial charge in [0.25, 0.3) is 5.91 Å². The van der Waals surface area contributed by atoms with Crippen LogP contribution in [0.15, 0.2) is 48.5 Å². The molecule has 0 atom stereocenters. The van der Waals surface area contributed by atoms with E-state index in [1.807, 2.05) is 58.3 Å². The maximum atomic E-state index is 13.0. The molecule has 5 heteroatoms. The van der Waals surface area contributed by atoms with E-state index in [4.69, 9.17) is 0 Å². The Morgan fingerprint density at radius 2 is 1.72 bits per heavy atom. The van der Waals surface area contributed by atoms with Crippen LogP contribution in [-0.2, 0) is 17.8 Å². The molecule has 5 nitrogen and oxygen atoms in total. The van der Waals surface area contributed by atoms with Gasteiger partial charge in [-0.05, 0) is 35.2 Å². The number of hydrogen-bond donors (Lipinski definition) is 0. The van der Waals surface area contributed by atoms with Crippen molar-refractivity contribution in [1.29, 1.82) is 0 Å². The van der Waals surface area contributed by atoms with E-state index in [9.17, 15) is 9.59 Å². The van der Waals surface area contributed by atoms with Crippen LogP contribution in [0.4, 0.5) is 5.69 Å². The molecule has 2 aromatic carbocycles. The van der Waals surface area contributed by atoms with Crippen molar-refractivity contribution in [2.75, 3.05) is 37.6 Å². The largest absolute Gasteiger partial charge is 0.336 e. The smallest absolute Gasteiger partial charge is 0.253 e. The van der Waals surface area contributed by atoms with Crippen LogP contribution >= 0.6 is 0 Å². The van der Waals surface area contributed by atoms with Gasteiger partial charge < -0.3 is 9.80 Å². The van der Waals surface area contributed by atoms with Gasteiger partial charge in [0.1, 0.15) is 0 Å². The molecular weight excluding hydrogens is 362 g/mol. The second-order valence-corrected chi connectivity index (χ2v) is 8.47. The van der Waals surface area contributed by atoms with Gasteiger partial charge in [-0.3, -0.25) is 14.5 Å². The molecule has 2 amide bonds. The molecule has 29 heavy (non-hydrogen) atoms. The fourth-order valence-corrected chi connectivity index (χ4v) is 4.29. The molecular formula is C24H29N3O2. The molecule has 0 bridgehead atoms. The van der Waals surface area contributed by atoms with Gasteiger partial charge in [0.05, 0.1) is 13.0 Å². The van der Waals surface area contributed by atoms with E-state index in [0.717, 1.165) is 49.5 Å². The van der Waals surface area contributed by atoms with Crippen LogP contribution in [0.25, 0.3) is 0 Å². The van der Waals surface area contributed by atoms with Crippen molar-refractivity contribution in [1.82, 2.24) is 9.80 Å². The summed E-state index contributed by atoms with van der Waals surface area (Å²) in [5.41, 5.74) is 3.68. The van der Waals surface area contributed by atoms with E-state index in [0.29, 0.717) is 24.4 Å². The second-order valence-electron chi connectivity index (χ2n) is 8.47. The van der Waals surface area contributed by atoms with E-state index < -0.39 is 0 Å². The third-order valence-electron chi connectivity index (χ3n) is 5.73. The summed E-state index contributed by atoms with van der Waals surface area (Å²) in [4.78, 5) is 31.8. The van der Waals surface area contributed by atoms with Crippen LogP contribution in [0.5, 0.6) is 0 Å². The van der Waals surface area contributed by atoms with Crippen LogP contribution in [0.2, 0.25) is 0 Å². The van der Waals surface area contributed by atoms with Gasteiger partial charge in [0.2, 0.25) is 5.91 Å². The summed E-state index contributed by atoms with van der Waals surface area (Å²) in [6, 6.07) is 15.7. The first-order chi connectivity index (χ1) is 14.0. The molecule has 2 aliphatic rings. The van der Waals surface area contributed by atoms with Gasteiger partial charge in [-0.15, -0.1) is 0 Å².